The molecule has 138 valence electrons. The lowest BCUT2D eigenvalue weighted by atomic mass is 10.1. The van der Waals surface area contributed by atoms with Crippen molar-refractivity contribution >= 4 is 11.9 Å². The van der Waals surface area contributed by atoms with Crippen LogP contribution in [0.4, 0.5) is 0 Å². The van der Waals surface area contributed by atoms with Crippen molar-refractivity contribution < 1.29 is 24.2 Å². The Labute approximate surface area is 152 Å². The van der Waals surface area contributed by atoms with Crippen LogP contribution in [0.15, 0.2) is 48.5 Å². The zero-order valence-corrected chi connectivity index (χ0v) is 14.9. The van der Waals surface area contributed by atoms with Gasteiger partial charge in [0.2, 0.25) is 0 Å². The van der Waals surface area contributed by atoms with Gasteiger partial charge in [-0.1, -0.05) is 24.3 Å². The van der Waals surface area contributed by atoms with Gasteiger partial charge in [-0.05, 0) is 48.7 Å². The van der Waals surface area contributed by atoms with Crippen molar-refractivity contribution in [2.45, 2.75) is 26.1 Å². The number of carbonyl (C=O) groups is 2. The Bertz CT molecular complexity index is 725. The van der Waals surface area contributed by atoms with E-state index in [1.807, 2.05) is 24.3 Å². The van der Waals surface area contributed by atoms with E-state index in [9.17, 15) is 9.59 Å². The third-order valence-electron chi connectivity index (χ3n) is 3.90. The van der Waals surface area contributed by atoms with E-state index < -0.39 is 12.1 Å². The first-order valence-electron chi connectivity index (χ1n) is 8.35. The molecule has 0 radical (unpaired) electrons. The topological polar surface area (TPSA) is 84.9 Å². The van der Waals surface area contributed by atoms with Gasteiger partial charge in [-0.2, -0.15) is 0 Å². The van der Waals surface area contributed by atoms with Crippen molar-refractivity contribution in [1.29, 1.82) is 0 Å². The molecule has 0 saturated carbocycles. The molecule has 0 spiro atoms. The summed E-state index contributed by atoms with van der Waals surface area (Å²) in [6.45, 7) is 1.88. The van der Waals surface area contributed by atoms with Crippen molar-refractivity contribution in [2.24, 2.45) is 0 Å². The van der Waals surface area contributed by atoms with Gasteiger partial charge in [0.15, 0.2) is 6.10 Å². The van der Waals surface area contributed by atoms with E-state index in [-0.39, 0.29) is 12.5 Å². The van der Waals surface area contributed by atoms with E-state index in [0.29, 0.717) is 24.1 Å². The minimum Gasteiger partial charge on any atom is -0.497 e. The van der Waals surface area contributed by atoms with E-state index >= 15 is 0 Å². The summed E-state index contributed by atoms with van der Waals surface area (Å²) < 4.78 is 10.3. The van der Waals surface area contributed by atoms with Crippen molar-refractivity contribution in [3.05, 3.63) is 65.2 Å². The molecule has 26 heavy (non-hydrogen) atoms. The number of nitrogens with one attached hydrogen (secondary N) is 1. The molecule has 6 heteroatoms. The average Bonchev–Trinajstić information content (AvgIpc) is 2.68. The number of amides is 1. The molecule has 0 aliphatic carbocycles. The van der Waals surface area contributed by atoms with Gasteiger partial charge in [0.05, 0.1) is 19.3 Å². The number of hydrogen-bond donors (Lipinski definition) is 2. The lowest BCUT2D eigenvalue weighted by Crippen LogP contribution is -2.36. The Morgan fingerprint density at radius 1 is 1.04 bits per heavy atom. The molecule has 2 N–H and O–H groups in total. The normalized spacial score (nSPS) is 11.5. The Morgan fingerprint density at radius 2 is 1.65 bits per heavy atom. The number of ether oxygens (including phenoxy) is 2. The van der Waals surface area contributed by atoms with Gasteiger partial charge in [-0.25, -0.2) is 4.79 Å². The number of aliphatic hydroxyl groups is 1. The van der Waals surface area contributed by atoms with Crippen LogP contribution in [0.5, 0.6) is 5.75 Å². The molecule has 2 aromatic carbocycles. The number of hydrogen-bond acceptors (Lipinski definition) is 5. The standard InChI is InChI=1S/C20H23NO5/c1-14(26-20(24)17-7-3-16(13-22)4-8-17)19(23)21-12-11-15-5-9-18(25-2)10-6-15/h3-10,14,22H,11-13H2,1-2H3,(H,21,23)/t14-/m0/s1. The summed E-state index contributed by atoms with van der Waals surface area (Å²) >= 11 is 0. The molecule has 0 heterocycles. The molecule has 6 nitrogen and oxygen atoms in total. The van der Waals surface area contributed by atoms with E-state index in [1.165, 1.54) is 6.92 Å². The number of benzene rings is 2. The number of aliphatic hydroxyl groups excluding tert-OH is 1. The fraction of sp³-hybridized carbons (Fsp3) is 0.300. The van der Waals surface area contributed by atoms with Crippen LogP contribution in [0.2, 0.25) is 0 Å². The molecule has 0 aliphatic heterocycles. The quantitative estimate of drug-likeness (QED) is 0.707. The minimum atomic E-state index is -0.893. The van der Waals surface area contributed by atoms with Crippen molar-refractivity contribution in [2.75, 3.05) is 13.7 Å². The third-order valence-corrected chi connectivity index (χ3v) is 3.90. The summed E-state index contributed by atoms with van der Waals surface area (Å²) in [4.78, 5) is 24.1. The summed E-state index contributed by atoms with van der Waals surface area (Å²) in [7, 11) is 1.61. The molecule has 2 aromatic rings. The minimum absolute atomic E-state index is 0.0949. The molecule has 0 fully saturated rings. The fourth-order valence-electron chi connectivity index (χ4n) is 2.29. The smallest absolute Gasteiger partial charge is 0.338 e. The van der Waals surface area contributed by atoms with Crippen molar-refractivity contribution in [3.8, 4) is 5.75 Å². The molecular weight excluding hydrogens is 334 g/mol. The van der Waals surface area contributed by atoms with Crippen LogP contribution in [0.25, 0.3) is 0 Å². The molecule has 0 aliphatic rings. The molecule has 0 aromatic heterocycles. The van der Waals surface area contributed by atoms with Crippen molar-refractivity contribution in [3.63, 3.8) is 0 Å². The molecule has 0 saturated heterocycles. The molecular formula is C20H23NO5. The van der Waals surface area contributed by atoms with Gasteiger partial charge in [-0.3, -0.25) is 4.79 Å². The summed E-state index contributed by atoms with van der Waals surface area (Å²) in [5.41, 5.74) is 2.10. The number of esters is 1. The second kappa shape index (κ2) is 9.58. The molecule has 0 unspecified atom stereocenters. The van der Waals surface area contributed by atoms with Crippen molar-refractivity contribution in [1.82, 2.24) is 5.32 Å². The first-order valence-corrected chi connectivity index (χ1v) is 8.35. The maximum absolute atomic E-state index is 12.1. The van der Waals surface area contributed by atoms with Crippen LogP contribution in [0.3, 0.4) is 0 Å². The number of rotatable bonds is 8. The zero-order valence-electron chi connectivity index (χ0n) is 14.9. The third kappa shape index (κ3) is 5.60. The monoisotopic (exact) mass is 357 g/mol. The Kier molecular flexibility index (Phi) is 7.17. The van der Waals surface area contributed by atoms with Crippen LogP contribution < -0.4 is 10.1 Å². The number of carbonyl (C=O) groups excluding carboxylic acids is 2. The predicted octanol–water partition coefficient (Wildman–Crippen LogP) is 2.09. The summed E-state index contributed by atoms with van der Waals surface area (Å²) in [5.74, 6) is -0.142. The molecule has 2 rings (SSSR count). The van der Waals surface area contributed by atoms with E-state index in [2.05, 4.69) is 5.32 Å². The summed E-state index contributed by atoms with van der Waals surface area (Å²) in [6, 6.07) is 14.0. The Balaban J connectivity index is 1.77. The highest BCUT2D eigenvalue weighted by molar-refractivity contribution is 5.92. The average molecular weight is 357 g/mol. The van der Waals surface area contributed by atoms with Crippen LogP contribution in [0.1, 0.15) is 28.4 Å². The number of methoxy groups -OCH3 is 1. The highest BCUT2D eigenvalue weighted by Crippen LogP contribution is 2.11. The van der Waals surface area contributed by atoms with Gasteiger partial charge < -0.3 is 19.9 Å². The van der Waals surface area contributed by atoms with Crippen LogP contribution >= 0.6 is 0 Å². The van der Waals surface area contributed by atoms with Gasteiger partial charge in [0.1, 0.15) is 5.75 Å². The van der Waals surface area contributed by atoms with Crippen LogP contribution in [0, 0.1) is 0 Å². The fourth-order valence-corrected chi connectivity index (χ4v) is 2.29. The van der Waals surface area contributed by atoms with Gasteiger partial charge in [-0.15, -0.1) is 0 Å². The Morgan fingerprint density at radius 3 is 2.23 bits per heavy atom. The molecule has 0 bridgehead atoms. The van der Waals surface area contributed by atoms with Gasteiger partial charge >= 0.3 is 5.97 Å². The maximum atomic E-state index is 12.1. The lowest BCUT2D eigenvalue weighted by molar-refractivity contribution is -0.129. The van der Waals surface area contributed by atoms with Crippen LogP contribution in [-0.4, -0.2) is 36.7 Å². The highest BCUT2D eigenvalue weighted by Gasteiger charge is 2.18. The largest absolute Gasteiger partial charge is 0.497 e. The second-order valence-corrected chi connectivity index (χ2v) is 5.79. The maximum Gasteiger partial charge on any atom is 0.338 e. The van der Waals surface area contributed by atoms with Gasteiger partial charge in [0.25, 0.3) is 5.91 Å². The predicted molar refractivity (Wildman–Crippen MR) is 97.0 cm³/mol. The first-order chi connectivity index (χ1) is 12.5. The van der Waals surface area contributed by atoms with Crippen LogP contribution in [-0.2, 0) is 22.6 Å². The van der Waals surface area contributed by atoms with E-state index in [1.54, 1.807) is 31.4 Å². The first kappa shape index (κ1) is 19.5. The zero-order chi connectivity index (χ0) is 18.9. The second-order valence-electron chi connectivity index (χ2n) is 5.79. The van der Waals surface area contributed by atoms with Gasteiger partial charge in [0, 0.05) is 6.54 Å². The summed E-state index contributed by atoms with van der Waals surface area (Å²) in [6.07, 6.45) is -0.227. The summed E-state index contributed by atoms with van der Waals surface area (Å²) in [5, 5.41) is 11.8. The molecule has 1 amide bonds. The lowest BCUT2D eigenvalue weighted by Gasteiger charge is -2.14. The SMILES string of the molecule is COc1ccc(CCNC(=O)[C@H](C)OC(=O)c2ccc(CO)cc2)cc1. The van der Waals surface area contributed by atoms with E-state index in [4.69, 9.17) is 14.6 Å². The van der Waals surface area contributed by atoms with E-state index in [0.717, 1.165) is 11.3 Å². The molecule has 1 atom stereocenters. The highest BCUT2D eigenvalue weighted by atomic mass is 16.5. The Hall–Kier alpha value is -2.86.